The van der Waals surface area contributed by atoms with E-state index in [2.05, 4.69) is 130 Å². The predicted octanol–water partition coefficient (Wildman–Crippen LogP) is 22.0. The Kier molecular flexibility index (Phi) is 69.2. The molecule has 0 saturated heterocycles. The largest absolute Gasteiger partial charge is 0.472 e. The molecule has 97 heavy (non-hydrogen) atoms. The Bertz CT molecular complexity index is 2200. The molecule has 16 nitrogen and oxygen atoms in total. The summed E-state index contributed by atoms with van der Waals surface area (Å²) in [4.78, 5) is 58.5. The van der Waals surface area contributed by atoms with Gasteiger partial charge in [0.15, 0.2) is 6.10 Å². The molecule has 0 aromatic heterocycles. The molecule has 0 rings (SSSR count). The number of carbonyl (C=O) groups is 3. The highest BCUT2D eigenvalue weighted by atomic mass is 31.2. The van der Waals surface area contributed by atoms with Gasteiger partial charge in [-0.25, -0.2) is 9.13 Å². The third-order valence-corrected chi connectivity index (χ3v) is 17.9. The molecule has 0 bridgehead atoms. The summed E-state index contributed by atoms with van der Waals surface area (Å²) in [7, 11) is -9.78. The number of phosphoric ester groups is 2. The van der Waals surface area contributed by atoms with E-state index < -0.39 is 91.5 Å². The van der Waals surface area contributed by atoms with Crippen LogP contribution < -0.4 is 0 Å². The van der Waals surface area contributed by atoms with E-state index in [4.69, 9.17) is 32.3 Å². The Labute approximate surface area is 590 Å². The average Bonchev–Trinajstić information content (AvgIpc) is 1.47. The molecule has 18 heteroatoms. The summed E-state index contributed by atoms with van der Waals surface area (Å²) in [6.45, 7) is 2.53. The van der Waals surface area contributed by atoms with Gasteiger partial charge in [0.2, 0.25) is 0 Å². The molecule has 0 aliphatic heterocycles. The number of carbonyl (C=O) groups excluding carboxylic acids is 3. The van der Waals surface area contributed by atoms with Gasteiger partial charge in [0.1, 0.15) is 25.4 Å². The first-order chi connectivity index (χ1) is 47.2. The van der Waals surface area contributed by atoms with Gasteiger partial charge in [0.05, 0.1) is 26.4 Å². The minimum Gasteiger partial charge on any atom is -0.463 e. The Morgan fingerprint density at radius 2 is 0.546 bits per heavy atom. The lowest BCUT2D eigenvalue weighted by Crippen LogP contribution is -2.30. The number of hydrogen-bond donors (Lipinski definition) is 4. The van der Waals surface area contributed by atoms with Crippen LogP contribution in [0.15, 0.2) is 109 Å². The molecule has 0 saturated carbocycles. The zero-order chi connectivity index (χ0) is 70.9. The average molecular weight is 1410 g/mol. The lowest BCUT2D eigenvalue weighted by Gasteiger charge is -2.21. The number of allylic oxidation sites excluding steroid dienone is 18. The summed E-state index contributed by atoms with van der Waals surface area (Å²) in [6.07, 6.45) is 82.8. The van der Waals surface area contributed by atoms with Gasteiger partial charge in [0, 0.05) is 19.3 Å². The van der Waals surface area contributed by atoms with E-state index in [-0.39, 0.29) is 19.3 Å². The second-order valence-corrected chi connectivity index (χ2v) is 28.3. The van der Waals surface area contributed by atoms with Crippen molar-refractivity contribution in [3.63, 3.8) is 0 Å². The second-order valence-electron chi connectivity index (χ2n) is 25.4. The molecule has 0 aliphatic carbocycles. The predicted molar refractivity (Wildman–Crippen MR) is 399 cm³/mol. The smallest absolute Gasteiger partial charge is 0.463 e. The van der Waals surface area contributed by atoms with Crippen molar-refractivity contribution in [2.24, 2.45) is 0 Å². The van der Waals surface area contributed by atoms with E-state index in [9.17, 15) is 43.5 Å². The maximum Gasteiger partial charge on any atom is 0.472 e. The van der Waals surface area contributed by atoms with Crippen molar-refractivity contribution in [3.8, 4) is 0 Å². The van der Waals surface area contributed by atoms with Crippen molar-refractivity contribution >= 4 is 33.6 Å². The van der Waals surface area contributed by atoms with Gasteiger partial charge in [-0.15, -0.1) is 0 Å². The lowest BCUT2D eigenvalue weighted by atomic mass is 10.0. The molecule has 5 unspecified atom stereocenters. The number of hydrogen-bond acceptors (Lipinski definition) is 14. The zero-order valence-corrected chi connectivity index (χ0v) is 62.8. The van der Waals surface area contributed by atoms with Gasteiger partial charge in [-0.1, -0.05) is 297 Å². The molecular weight excluding hydrogens is 1270 g/mol. The summed E-state index contributed by atoms with van der Waals surface area (Å²) in [6, 6.07) is 0. The minimum absolute atomic E-state index is 0.103. The molecule has 560 valence electrons. The molecule has 0 radical (unpaired) electrons. The van der Waals surface area contributed by atoms with Crippen LogP contribution in [-0.2, 0) is 55.8 Å². The number of aliphatic hydroxyl groups is 2. The third kappa shape index (κ3) is 73.3. The molecule has 0 spiro atoms. The van der Waals surface area contributed by atoms with Crippen LogP contribution in [0.2, 0.25) is 0 Å². The first-order valence-corrected chi connectivity index (χ1v) is 41.2. The number of esters is 3. The standard InChI is InChI=1S/C79H138O16P2/c1-4-7-10-13-16-19-22-24-26-28-30-32-34-35-36-37-39-41-42-44-46-48-51-53-56-59-62-65-77(82)89-68-74(80)69-91-96(85,86)92-70-75(81)71-93-97(87,88)94-73-76(95-79(84)67-64-61-58-55-50-21-18-15-12-9-6-3)72-90-78(83)66-63-60-57-54-52-49-47-45-43-40-38-33-31-29-27-25-23-20-17-14-11-8-5-2/h8,11,16-17,19-20,24-27,30-33,35-36,40,43,74-76,80-81H,4-7,9-10,12-15,18,21-23,28-29,34,37-39,41-42,44-73H2,1-3H3,(H,85,86)(H,87,88)/b11-8-,19-16-,20-17-,26-24-,27-25-,32-30-,33-31-,36-35-,43-40-. The van der Waals surface area contributed by atoms with Crippen molar-refractivity contribution in [1.82, 2.24) is 0 Å². The molecule has 4 N–H and O–H groups in total. The van der Waals surface area contributed by atoms with E-state index in [0.29, 0.717) is 19.3 Å². The van der Waals surface area contributed by atoms with Crippen LogP contribution in [0.1, 0.15) is 316 Å². The van der Waals surface area contributed by atoms with E-state index in [1.54, 1.807) is 0 Å². The third-order valence-electron chi connectivity index (χ3n) is 16.0. The molecule has 5 atom stereocenters. The molecule has 0 aliphatic rings. The maximum atomic E-state index is 12.9. The molecule has 0 heterocycles. The van der Waals surface area contributed by atoms with Crippen molar-refractivity contribution in [2.45, 2.75) is 334 Å². The van der Waals surface area contributed by atoms with Crippen LogP contribution in [-0.4, -0.2) is 95.9 Å². The van der Waals surface area contributed by atoms with E-state index in [1.807, 2.05) is 0 Å². The number of rotatable bonds is 72. The summed E-state index contributed by atoms with van der Waals surface area (Å²) in [5.74, 6) is -1.58. The first kappa shape index (κ1) is 93.2. The van der Waals surface area contributed by atoms with E-state index in [0.717, 1.165) is 148 Å². The van der Waals surface area contributed by atoms with Crippen molar-refractivity contribution < 1.29 is 75.8 Å². The Hall–Kier alpha value is -3.79. The number of phosphoric acid groups is 2. The van der Waals surface area contributed by atoms with Gasteiger partial charge >= 0.3 is 33.6 Å². The summed E-state index contributed by atoms with van der Waals surface area (Å²) < 4.78 is 61.0. The molecule has 0 aromatic carbocycles. The normalized spacial score (nSPS) is 14.7. The fourth-order valence-electron chi connectivity index (χ4n) is 10.2. The number of aliphatic hydroxyl groups excluding tert-OH is 2. The second kappa shape index (κ2) is 72.0. The summed E-state index contributed by atoms with van der Waals surface area (Å²) in [5, 5.41) is 20.6. The van der Waals surface area contributed by atoms with Crippen molar-refractivity contribution in [2.75, 3.05) is 39.6 Å². The monoisotopic (exact) mass is 1400 g/mol. The highest BCUT2D eigenvalue weighted by molar-refractivity contribution is 7.47. The quantitative estimate of drug-likeness (QED) is 0.0146. The van der Waals surface area contributed by atoms with Crippen LogP contribution in [0.5, 0.6) is 0 Å². The number of ether oxygens (including phenoxy) is 3. The van der Waals surface area contributed by atoms with Crippen LogP contribution in [0.25, 0.3) is 0 Å². The fourth-order valence-corrected chi connectivity index (χ4v) is 11.8. The highest BCUT2D eigenvalue weighted by Gasteiger charge is 2.29. The van der Waals surface area contributed by atoms with Crippen LogP contribution in [0.4, 0.5) is 0 Å². The Balaban J connectivity index is 4.49. The van der Waals surface area contributed by atoms with Crippen LogP contribution >= 0.6 is 15.6 Å². The van der Waals surface area contributed by atoms with E-state index >= 15 is 0 Å². The van der Waals surface area contributed by atoms with Gasteiger partial charge in [0.25, 0.3) is 0 Å². The zero-order valence-electron chi connectivity index (χ0n) is 61.0. The summed E-state index contributed by atoms with van der Waals surface area (Å²) >= 11 is 0. The van der Waals surface area contributed by atoms with Gasteiger partial charge in [-0.2, -0.15) is 0 Å². The van der Waals surface area contributed by atoms with Crippen molar-refractivity contribution in [1.29, 1.82) is 0 Å². The van der Waals surface area contributed by atoms with Gasteiger partial charge < -0.3 is 34.2 Å². The minimum atomic E-state index is -4.93. The topological polar surface area (TPSA) is 231 Å². The molecule has 0 amide bonds. The number of unbranched alkanes of at least 4 members (excludes halogenated alkanes) is 31. The summed E-state index contributed by atoms with van der Waals surface area (Å²) in [5.41, 5.74) is 0. The first-order valence-electron chi connectivity index (χ1n) is 38.2. The van der Waals surface area contributed by atoms with E-state index in [1.165, 1.54) is 109 Å². The lowest BCUT2D eigenvalue weighted by molar-refractivity contribution is -0.161. The van der Waals surface area contributed by atoms with Gasteiger partial charge in [-0.05, 0) is 109 Å². The van der Waals surface area contributed by atoms with Crippen molar-refractivity contribution in [3.05, 3.63) is 109 Å². The van der Waals surface area contributed by atoms with Crippen LogP contribution in [0, 0.1) is 0 Å². The van der Waals surface area contributed by atoms with Gasteiger partial charge in [-0.3, -0.25) is 32.5 Å². The fraction of sp³-hybridized carbons (Fsp3) is 0.734. The highest BCUT2D eigenvalue weighted by Crippen LogP contribution is 2.45. The molecule has 0 fully saturated rings. The molecular formula is C79H138O16P2. The van der Waals surface area contributed by atoms with Crippen LogP contribution in [0.3, 0.4) is 0 Å². The Morgan fingerprint density at radius 3 is 0.887 bits per heavy atom. The molecule has 0 aromatic rings. The Morgan fingerprint density at radius 1 is 0.299 bits per heavy atom. The SMILES string of the molecule is CC/C=C\C/C=C\C/C=C\C/C=C\C/C=C\CCCCCCCCCC(=O)OCC(COP(=O)(O)OCC(O)COP(=O)(O)OCC(O)COC(=O)CCCCCCCCCCCCC/C=C\C/C=C\C/C=C\C/C=C\CCCCC)OC(=O)CCCCCCCCCCCCC. The maximum absolute atomic E-state index is 12.9.